The van der Waals surface area contributed by atoms with E-state index in [4.69, 9.17) is 0 Å². The Labute approximate surface area is 142 Å². The van der Waals surface area contributed by atoms with Gasteiger partial charge in [-0.3, -0.25) is 4.79 Å². The van der Waals surface area contributed by atoms with Crippen molar-refractivity contribution in [3.63, 3.8) is 0 Å². The Morgan fingerprint density at radius 1 is 1.25 bits per heavy atom. The van der Waals surface area contributed by atoms with Gasteiger partial charge in [0.15, 0.2) is 0 Å². The third-order valence-electron chi connectivity index (χ3n) is 4.15. The molecule has 0 radical (unpaired) electrons. The molecule has 1 aromatic carbocycles. The average molecular weight is 328 g/mol. The molecule has 1 heterocycles. The number of hydrogen-bond acceptors (Lipinski definition) is 2. The van der Waals surface area contributed by atoms with Crippen LogP contribution < -0.4 is 5.32 Å². The van der Waals surface area contributed by atoms with Crippen molar-refractivity contribution in [2.75, 3.05) is 0 Å². The highest BCUT2D eigenvalue weighted by molar-refractivity contribution is 5.93. The van der Waals surface area contributed by atoms with E-state index in [1.807, 2.05) is 25.1 Å². The Bertz CT molecular complexity index is 720. The molecule has 0 aliphatic heterocycles. The van der Waals surface area contributed by atoms with Crippen LogP contribution in [0.2, 0.25) is 0 Å². The third-order valence-corrected chi connectivity index (χ3v) is 4.15. The summed E-state index contributed by atoms with van der Waals surface area (Å²) in [5.41, 5.74) is 2.67. The molecule has 5 heteroatoms. The quantitative estimate of drug-likeness (QED) is 0.821. The highest BCUT2D eigenvalue weighted by Gasteiger charge is 2.20. The molecule has 1 unspecified atom stereocenters. The van der Waals surface area contributed by atoms with Crippen LogP contribution in [0, 0.1) is 6.92 Å². The summed E-state index contributed by atoms with van der Waals surface area (Å²) in [6, 6.07) is 10.2. The zero-order valence-corrected chi connectivity index (χ0v) is 14.4. The summed E-state index contributed by atoms with van der Waals surface area (Å²) in [5, 5.41) is 12.3. The van der Waals surface area contributed by atoms with Gasteiger partial charge in [0.05, 0.1) is 12.0 Å². The molecular weight excluding hydrogens is 304 g/mol. The molecule has 0 aliphatic rings. The van der Waals surface area contributed by atoms with E-state index in [1.54, 1.807) is 24.7 Å². The van der Waals surface area contributed by atoms with Crippen molar-refractivity contribution in [2.24, 2.45) is 7.05 Å². The van der Waals surface area contributed by atoms with E-state index in [1.165, 1.54) is 5.56 Å². The van der Waals surface area contributed by atoms with E-state index < -0.39 is 5.97 Å². The lowest BCUT2D eigenvalue weighted by atomic mass is 10.1. The standard InChI is InChI=1S/C19H24N2O3/c1-13-12-21(3)16(18(13)19(23)24)11-17(22)20-14(2)9-10-15-7-5-4-6-8-15/h4-8,12,14H,9-11H2,1-3H3,(H,20,22)(H,23,24). The molecule has 1 aromatic heterocycles. The number of amides is 1. The maximum absolute atomic E-state index is 12.3. The number of benzene rings is 1. The molecule has 0 saturated heterocycles. The fourth-order valence-electron chi connectivity index (χ4n) is 2.92. The molecule has 5 nitrogen and oxygen atoms in total. The molecule has 0 fully saturated rings. The van der Waals surface area contributed by atoms with Crippen molar-refractivity contribution < 1.29 is 14.7 Å². The van der Waals surface area contributed by atoms with Crippen LogP contribution in [-0.2, 0) is 24.7 Å². The number of nitrogens with zero attached hydrogens (tertiary/aromatic N) is 1. The van der Waals surface area contributed by atoms with Gasteiger partial charge in [0.25, 0.3) is 0 Å². The molecule has 2 N–H and O–H groups in total. The van der Waals surface area contributed by atoms with Gasteiger partial charge in [-0.2, -0.15) is 0 Å². The van der Waals surface area contributed by atoms with E-state index in [2.05, 4.69) is 17.4 Å². The fourth-order valence-corrected chi connectivity index (χ4v) is 2.92. The normalized spacial score (nSPS) is 12.0. The first-order valence-corrected chi connectivity index (χ1v) is 8.10. The molecule has 1 atom stereocenters. The van der Waals surface area contributed by atoms with Crippen LogP contribution in [0.25, 0.3) is 0 Å². The second-order valence-corrected chi connectivity index (χ2v) is 6.22. The van der Waals surface area contributed by atoms with Crippen LogP contribution in [0.15, 0.2) is 36.5 Å². The molecule has 128 valence electrons. The van der Waals surface area contributed by atoms with Gasteiger partial charge in [-0.15, -0.1) is 0 Å². The summed E-state index contributed by atoms with van der Waals surface area (Å²) >= 11 is 0. The second kappa shape index (κ2) is 7.81. The Kier molecular flexibility index (Phi) is 5.79. The molecule has 2 aromatic rings. The second-order valence-electron chi connectivity index (χ2n) is 6.22. The van der Waals surface area contributed by atoms with Crippen LogP contribution >= 0.6 is 0 Å². The number of carboxylic acids is 1. The minimum absolute atomic E-state index is 0.0346. The van der Waals surface area contributed by atoms with Crippen molar-refractivity contribution in [3.05, 3.63) is 58.9 Å². The Morgan fingerprint density at radius 3 is 2.54 bits per heavy atom. The Hall–Kier alpha value is -2.56. The van der Waals surface area contributed by atoms with E-state index in [9.17, 15) is 14.7 Å². The molecular formula is C19H24N2O3. The summed E-state index contributed by atoms with van der Waals surface area (Å²) in [6.45, 7) is 3.71. The fraction of sp³-hybridized carbons (Fsp3) is 0.368. The highest BCUT2D eigenvalue weighted by Crippen LogP contribution is 2.17. The van der Waals surface area contributed by atoms with Gasteiger partial charge in [0, 0.05) is 25.0 Å². The van der Waals surface area contributed by atoms with Crippen molar-refractivity contribution in [1.82, 2.24) is 9.88 Å². The SMILES string of the molecule is Cc1cn(C)c(CC(=O)NC(C)CCc2ccccc2)c1C(=O)O. The van der Waals surface area contributed by atoms with E-state index in [0.717, 1.165) is 12.8 Å². The predicted molar refractivity (Wildman–Crippen MR) is 93.2 cm³/mol. The Balaban J connectivity index is 1.92. The largest absolute Gasteiger partial charge is 0.478 e. The van der Waals surface area contributed by atoms with Crippen molar-refractivity contribution in [1.29, 1.82) is 0 Å². The number of hydrogen-bond donors (Lipinski definition) is 2. The molecule has 24 heavy (non-hydrogen) atoms. The lowest BCUT2D eigenvalue weighted by Crippen LogP contribution is -2.34. The van der Waals surface area contributed by atoms with Gasteiger partial charge < -0.3 is 15.0 Å². The summed E-state index contributed by atoms with van der Waals surface area (Å²) in [4.78, 5) is 23.6. The number of nitrogens with one attached hydrogen (secondary N) is 1. The number of aromatic carboxylic acids is 1. The number of rotatable bonds is 7. The molecule has 0 bridgehead atoms. The van der Waals surface area contributed by atoms with Crippen molar-refractivity contribution >= 4 is 11.9 Å². The van der Waals surface area contributed by atoms with E-state index in [0.29, 0.717) is 11.3 Å². The maximum Gasteiger partial charge on any atom is 0.337 e. The number of carboxylic acid groups (broad SMARTS) is 1. The average Bonchev–Trinajstić information content (AvgIpc) is 2.80. The molecule has 0 aliphatic carbocycles. The lowest BCUT2D eigenvalue weighted by molar-refractivity contribution is -0.121. The predicted octanol–water partition coefficient (Wildman–Crippen LogP) is 2.71. The number of aromatic nitrogens is 1. The van der Waals surface area contributed by atoms with Crippen LogP contribution in [-0.4, -0.2) is 27.6 Å². The topological polar surface area (TPSA) is 71.3 Å². The first-order chi connectivity index (χ1) is 11.4. The first-order valence-electron chi connectivity index (χ1n) is 8.10. The minimum Gasteiger partial charge on any atom is -0.478 e. The molecule has 0 saturated carbocycles. The number of carbonyl (C=O) groups is 2. The van der Waals surface area contributed by atoms with Gasteiger partial charge in [0.1, 0.15) is 0 Å². The molecule has 2 rings (SSSR count). The van der Waals surface area contributed by atoms with Crippen molar-refractivity contribution in [3.8, 4) is 0 Å². The lowest BCUT2D eigenvalue weighted by Gasteiger charge is -2.14. The smallest absolute Gasteiger partial charge is 0.337 e. The van der Waals surface area contributed by atoms with Gasteiger partial charge in [-0.05, 0) is 37.8 Å². The summed E-state index contributed by atoms with van der Waals surface area (Å²) in [5.74, 6) is -1.15. The van der Waals surface area contributed by atoms with Gasteiger partial charge in [0.2, 0.25) is 5.91 Å². The van der Waals surface area contributed by atoms with Crippen molar-refractivity contribution in [2.45, 2.75) is 39.2 Å². The van der Waals surface area contributed by atoms with E-state index in [-0.39, 0.29) is 23.9 Å². The number of aryl methyl sites for hydroxylation is 3. The molecule has 1 amide bonds. The Morgan fingerprint density at radius 2 is 1.92 bits per heavy atom. The summed E-state index contributed by atoms with van der Waals surface area (Å²) in [7, 11) is 1.76. The van der Waals surface area contributed by atoms with Crippen LogP contribution in [0.3, 0.4) is 0 Å². The maximum atomic E-state index is 12.3. The highest BCUT2D eigenvalue weighted by atomic mass is 16.4. The summed E-state index contributed by atoms with van der Waals surface area (Å²) < 4.78 is 1.72. The summed E-state index contributed by atoms with van der Waals surface area (Å²) in [6.07, 6.45) is 3.55. The number of carbonyl (C=O) groups excluding carboxylic acids is 1. The monoisotopic (exact) mass is 328 g/mol. The van der Waals surface area contributed by atoms with Crippen LogP contribution in [0.1, 0.15) is 40.5 Å². The van der Waals surface area contributed by atoms with Crippen LogP contribution in [0.5, 0.6) is 0 Å². The van der Waals surface area contributed by atoms with Crippen LogP contribution in [0.4, 0.5) is 0 Å². The van der Waals surface area contributed by atoms with E-state index >= 15 is 0 Å². The zero-order chi connectivity index (χ0) is 17.7. The third kappa shape index (κ3) is 4.47. The minimum atomic E-state index is -0.993. The zero-order valence-electron chi connectivity index (χ0n) is 14.4. The van der Waals surface area contributed by atoms with Gasteiger partial charge in [-0.1, -0.05) is 30.3 Å². The van der Waals surface area contributed by atoms with Gasteiger partial charge >= 0.3 is 5.97 Å². The first kappa shape index (κ1) is 17.8. The molecule has 0 spiro atoms. The van der Waals surface area contributed by atoms with Gasteiger partial charge in [-0.25, -0.2) is 4.79 Å².